The number of thiazole rings is 1. The highest BCUT2D eigenvalue weighted by molar-refractivity contribution is 7.07. The average Bonchev–Trinajstić information content (AvgIpc) is 3.30. The van der Waals surface area contributed by atoms with Crippen molar-refractivity contribution in [1.29, 1.82) is 0 Å². The molecule has 0 aliphatic carbocycles. The molecule has 0 saturated carbocycles. The zero-order valence-corrected chi connectivity index (χ0v) is 16.5. The van der Waals surface area contributed by atoms with Crippen LogP contribution >= 0.6 is 11.3 Å². The van der Waals surface area contributed by atoms with E-state index in [4.69, 9.17) is 4.74 Å². The van der Waals surface area contributed by atoms with Gasteiger partial charge in [0.2, 0.25) is 5.91 Å². The molecule has 1 aromatic heterocycles. The standard InChI is InChI=1S/C22H19N3O3S/c26-21(24-8-7-15-3-1-2-4-17(15)10-24)11-25-19-9-16(18-13-29-14-23-18)5-6-20(19)28-12-22(25)27/h1-6,9,13-14H,7-8,10-12H2. The molecular weight excluding hydrogens is 386 g/mol. The largest absolute Gasteiger partial charge is 0.482 e. The summed E-state index contributed by atoms with van der Waals surface area (Å²) in [5, 5.41) is 1.95. The summed E-state index contributed by atoms with van der Waals surface area (Å²) in [6.07, 6.45) is 0.837. The van der Waals surface area contributed by atoms with Crippen LogP contribution in [0.25, 0.3) is 11.3 Å². The van der Waals surface area contributed by atoms with Gasteiger partial charge >= 0.3 is 0 Å². The second-order valence-corrected chi connectivity index (χ2v) is 7.88. The molecule has 2 aliphatic heterocycles. The van der Waals surface area contributed by atoms with Crippen LogP contribution in [-0.2, 0) is 22.6 Å². The van der Waals surface area contributed by atoms with E-state index in [1.54, 1.807) is 5.51 Å². The predicted molar refractivity (Wildman–Crippen MR) is 111 cm³/mol. The van der Waals surface area contributed by atoms with Gasteiger partial charge in [-0.15, -0.1) is 11.3 Å². The Morgan fingerprint density at radius 1 is 1.17 bits per heavy atom. The second-order valence-electron chi connectivity index (χ2n) is 7.16. The van der Waals surface area contributed by atoms with Crippen LogP contribution in [0.1, 0.15) is 11.1 Å². The minimum Gasteiger partial charge on any atom is -0.482 e. The zero-order chi connectivity index (χ0) is 19.8. The van der Waals surface area contributed by atoms with E-state index in [2.05, 4.69) is 17.1 Å². The minimum atomic E-state index is -0.210. The van der Waals surface area contributed by atoms with Crippen LogP contribution in [0.3, 0.4) is 0 Å². The van der Waals surface area contributed by atoms with Gasteiger partial charge in [-0.1, -0.05) is 24.3 Å². The lowest BCUT2D eigenvalue weighted by Gasteiger charge is -2.33. The number of hydrogen-bond acceptors (Lipinski definition) is 5. The molecule has 0 fully saturated rings. The molecule has 0 atom stereocenters. The lowest BCUT2D eigenvalue weighted by atomic mass is 10.00. The molecule has 146 valence electrons. The smallest absolute Gasteiger partial charge is 0.265 e. The molecule has 29 heavy (non-hydrogen) atoms. The number of carbonyl (C=O) groups is 2. The summed E-state index contributed by atoms with van der Waals surface area (Å²) in [5.41, 5.74) is 6.59. The molecule has 0 N–H and O–H groups in total. The fraction of sp³-hybridized carbons (Fsp3) is 0.227. The number of benzene rings is 2. The predicted octanol–water partition coefficient (Wildman–Crippen LogP) is 3.12. The number of hydrogen-bond donors (Lipinski definition) is 0. The Hall–Kier alpha value is -3.19. The van der Waals surface area contributed by atoms with Crippen LogP contribution in [0.15, 0.2) is 53.4 Å². The van der Waals surface area contributed by atoms with Gasteiger partial charge < -0.3 is 9.64 Å². The first kappa shape index (κ1) is 17.9. The Labute approximate surface area is 172 Å². The number of anilines is 1. The molecular formula is C22H19N3O3S. The summed E-state index contributed by atoms with van der Waals surface area (Å²) in [6, 6.07) is 13.8. The molecule has 0 radical (unpaired) electrons. The van der Waals surface area contributed by atoms with Gasteiger partial charge in [-0.2, -0.15) is 0 Å². The third-order valence-corrected chi connectivity index (χ3v) is 5.99. The molecule has 2 amide bonds. The lowest BCUT2D eigenvalue weighted by molar-refractivity contribution is -0.132. The maximum absolute atomic E-state index is 13.0. The van der Waals surface area contributed by atoms with E-state index >= 15 is 0 Å². The van der Waals surface area contributed by atoms with Crippen LogP contribution < -0.4 is 9.64 Å². The van der Waals surface area contributed by atoms with Gasteiger partial charge in [-0.05, 0) is 35.7 Å². The topological polar surface area (TPSA) is 62.7 Å². The van der Waals surface area contributed by atoms with Gasteiger partial charge in [0.1, 0.15) is 12.3 Å². The third-order valence-electron chi connectivity index (χ3n) is 5.41. The number of ether oxygens (including phenoxy) is 1. The molecule has 2 aromatic carbocycles. The molecule has 3 heterocycles. The Kier molecular flexibility index (Phi) is 4.52. The highest BCUT2D eigenvalue weighted by Crippen LogP contribution is 2.36. The van der Waals surface area contributed by atoms with Gasteiger partial charge in [0.15, 0.2) is 6.61 Å². The monoisotopic (exact) mass is 405 g/mol. The first-order valence-electron chi connectivity index (χ1n) is 9.49. The van der Waals surface area contributed by atoms with Crippen molar-refractivity contribution in [2.45, 2.75) is 13.0 Å². The average molecular weight is 405 g/mol. The SMILES string of the molecule is O=C(CN1C(=O)COc2ccc(-c3cscn3)cc21)N1CCc2ccccc2C1. The molecule has 0 unspecified atom stereocenters. The third kappa shape index (κ3) is 3.38. The van der Waals surface area contributed by atoms with E-state index in [9.17, 15) is 9.59 Å². The Balaban J connectivity index is 1.39. The van der Waals surface area contributed by atoms with Crippen molar-refractivity contribution in [3.63, 3.8) is 0 Å². The fourth-order valence-corrected chi connectivity index (χ4v) is 4.39. The van der Waals surface area contributed by atoms with Crippen molar-refractivity contribution in [2.75, 3.05) is 24.6 Å². The van der Waals surface area contributed by atoms with Gasteiger partial charge in [0.25, 0.3) is 5.91 Å². The number of amides is 2. The summed E-state index contributed by atoms with van der Waals surface area (Å²) in [6.45, 7) is 1.20. The Bertz CT molecular complexity index is 1080. The van der Waals surface area contributed by atoms with Gasteiger partial charge in [-0.3, -0.25) is 14.5 Å². The van der Waals surface area contributed by atoms with Gasteiger partial charge in [0, 0.05) is 24.0 Å². The van der Waals surface area contributed by atoms with E-state index in [1.165, 1.54) is 27.4 Å². The molecule has 0 saturated heterocycles. The summed E-state index contributed by atoms with van der Waals surface area (Å²) in [4.78, 5) is 33.3. The summed E-state index contributed by atoms with van der Waals surface area (Å²) in [5.74, 6) is 0.346. The van der Waals surface area contributed by atoms with Crippen molar-refractivity contribution in [1.82, 2.24) is 9.88 Å². The van der Waals surface area contributed by atoms with E-state index in [0.717, 1.165) is 17.7 Å². The normalized spacial score (nSPS) is 15.5. The summed E-state index contributed by atoms with van der Waals surface area (Å²) in [7, 11) is 0. The second kappa shape index (κ2) is 7.33. The van der Waals surface area contributed by atoms with Crippen LogP contribution in [0.4, 0.5) is 5.69 Å². The van der Waals surface area contributed by atoms with E-state index in [1.807, 2.05) is 40.6 Å². The van der Waals surface area contributed by atoms with Gasteiger partial charge in [-0.25, -0.2) is 4.98 Å². The number of aromatic nitrogens is 1. The van der Waals surface area contributed by atoms with E-state index < -0.39 is 0 Å². The summed E-state index contributed by atoms with van der Waals surface area (Å²) >= 11 is 1.51. The summed E-state index contributed by atoms with van der Waals surface area (Å²) < 4.78 is 5.58. The van der Waals surface area contributed by atoms with Crippen molar-refractivity contribution in [2.24, 2.45) is 0 Å². The van der Waals surface area contributed by atoms with E-state index in [0.29, 0.717) is 24.5 Å². The van der Waals surface area contributed by atoms with Crippen molar-refractivity contribution in [3.8, 4) is 17.0 Å². The first-order valence-corrected chi connectivity index (χ1v) is 10.4. The van der Waals surface area contributed by atoms with Crippen LogP contribution in [0.2, 0.25) is 0 Å². The molecule has 7 heteroatoms. The highest BCUT2D eigenvalue weighted by Gasteiger charge is 2.30. The molecule has 5 rings (SSSR count). The van der Waals surface area contributed by atoms with E-state index in [-0.39, 0.29) is 25.0 Å². The number of nitrogens with zero attached hydrogens (tertiary/aromatic N) is 3. The minimum absolute atomic E-state index is 0.0118. The van der Waals surface area contributed by atoms with Gasteiger partial charge in [0.05, 0.1) is 16.9 Å². The zero-order valence-electron chi connectivity index (χ0n) is 15.7. The maximum Gasteiger partial charge on any atom is 0.265 e. The lowest BCUT2D eigenvalue weighted by Crippen LogP contribution is -2.47. The van der Waals surface area contributed by atoms with Crippen LogP contribution in [0.5, 0.6) is 5.75 Å². The molecule has 0 bridgehead atoms. The first-order chi connectivity index (χ1) is 14.2. The number of carbonyl (C=O) groups excluding carboxylic acids is 2. The molecule has 0 spiro atoms. The number of rotatable bonds is 3. The van der Waals surface area contributed by atoms with Crippen molar-refractivity contribution >= 4 is 28.8 Å². The Morgan fingerprint density at radius 3 is 2.86 bits per heavy atom. The maximum atomic E-state index is 13.0. The Morgan fingerprint density at radius 2 is 2.03 bits per heavy atom. The molecule has 3 aromatic rings. The van der Waals surface area contributed by atoms with Crippen LogP contribution in [0, 0.1) is 0 Å². The van der Waals surface area contributed by atoms with Crippen molar-refractivity contribution < 1.29 is 14.3 Å². The highest BCUT2D eigenvalue weighted by atomic mass is 32.1. The quantitative estimate of drug-likeness (QED) is 0.672. The number of fused-ring (bicyclic) bond motifs is 2. The van der Waals surface area contributed by atoms with Crippen molar-refractivity contribution in [3.05, 3.63) is 64.5 Å². The molecule has 6 nitrogen and oxygen atoms in total. The molecule has 2 aliphatic rings. The van der Waals surface area contributed by atoms with Crippen LogP contribution in [-0.4, -0.2) is 41.4 Å². The fourth-order valence-electron chi connectivity index (χ4n) is 3.83.